The van der Waals surface area contributed by atoms with Gasteiger partial charge in [0.15, 0.2) is 5.15 Å². The zero-order valence-corrected chi connectivity index (χ0v) is 15.4. The molecular formula is C17H21ClN4OS. The fraction of sp³-hybridized carbons (Fsp3) is 0.471. The highest BCUT2D eigenvalue weighted by molar-refractivity contribution is 7.99. The summed E-state index contributed by atoms with van der Waals surface area (Å²) >= 11 is 8.05. The van der Waals surface area contributed by atoms with Crippen molar-refractivity contribution in [3.8, 4) is 5.69 Å². The van der Waals surface area contributed by atoms with E-state index in [1.54, 1.807) is 28.8 Å². The summed E-state index contributed by atoms with van der Waals surface area (Å²) in [6, 6.07) is 3.75. The first-order valence-corrected chi connectivity index (χ1v) is 9.73. The number of carbonyl (C=O) groups excluding carboxylic acids is 1. The van der Waals surface area contributed by atoms with Gasteiger partial charge in [0, 0.05) is 24.4 Å². The molecule has 128 valence electrons. The van der Waals surface area contributed by atoms with Gasteiger partial charge in [-0.1, -0.05) is 18.5 Å². The molecule has 0 aliphatic heterocycles. The second-order valence-electron chi connectivity index (χ2n) is 6.16. The van der Waals surface area contributed by atoms with E-state index in [-0.39, 0.29) is 11.2 Å². The Hall–Kier alpha value is -1.53. The average molecular weight is 365 g/mol. The first-order valence-electron chi connectivity index (χ1n) is 8.07. The molecular weight excluding hydrogens is 344 g/mol. The van der Waals surface area contributed by atoms with Crippen LogP contribution in [0.4, 0.5) is 5.69 Å². The number of thioether (sulfide) groups is 1. The van der Waals surface area contributed by atoms with E-state index in [4.69, 9.17) is 11.6 Å². The lowest BCUT2D eigenvalue weighted by Crippen LogP contribution is -2.34. The van der Waals surface area contributed by atoms with Crippen molar-refractivity contribution in [1.82, 2.24) is 14.8 Å². The van der Waals surface area contributed by atoms with Crippen molar-refractivity contribution in [2.24, 2.45) is 5.92 Å². The van der Waals surface area contributed by atoms with Crippen molar-refractivity contribution >= 4 is 35.0 Å². The third-order valence-corrected chi connectivity index (χ3v) is 5.40. The molecule has 5 nitrogen and oxygen atoms in total. The van der Waals surface area contributed by atoms with Gasteiger partial charge >= 0.3 is 0 Å². The van der Waals surface area contributed by atoms with Gasteiger partial charge in [0.2, 0.25) is 5.91 Å². The molecule has 24 heavy (non-hydrogen) atoms. The monoisotopic (exact) mass is 364 g/mol. The zero-order valence-electron chi connectivity index (χ0n) is 13.9. The standard InChI is InChI=1S/C17H21ClN4OS/c1-12(24-2)8-16(23)21(10-13-5-6-13)15-11-22(20-17(15)18)14-4-3-7-19-9-14/h3-4,7,9,11-13H,5-6,8,10H2,1-2H3. The number of anilines is 1. The van der Waals surface area contributed by atoms with Crippen LogP contribution >= 0.6 is 23.4 Å². The number of rotatable bonds is 7. The normalized spacial score (nSPS) is 15.3. The highest BCUT2D eigenvalue weighted by Gasteiger charge is 2.30. The maximum atomic E-state index is 12.8. The second-order valence-corrected chi connectivity index (χ2v) is 7.79. The Labute approximate surface area is 151 Å². The number of pyridine rings is 1. The Morgan fingerprint density at radius 1 is 1.54 bits per heavy atom. The van der Waals surface area contributed by atoms with Crippen LogP contribution in [0, 0.1) is 5.92 Å². The van der Waals surface area contributed by atoms with Crippen molar-refractivity contribution in [1.29, 1.82) is 0 Å². The Morgan fingerprint density at radius 2 is 2.33 bits per heavy atom. The van der Waals surface area contributed by atoms with Crippen LogP contribution in [0.5, 0.6) is 0 Å². The third-order valence-electron chi connectivity index (χ3n) is 4.16. The molecule has 0 radical (unpaired) electrons. The number of halogens is 1. The molecule has 0 N–H and O–H groups in total. The number of amides is 1. The largest absolute Gasteiger partial charge is 0.308 e. The lowest BCUT2D eigenvalue weighted by Gasteiger charge is -2.22. The molecule has 1 saturated carbocycles. The number of carbonyl (C=O) groups is 1. The zero-order chi connectivity index (χ0) is 17.1. The van der Waals surface area contributed by atoms with E-state index in [1.165, 1.54) is 12.8 Å². The van der Waals surface area contributed by atoms with Crippen molar-refractivity contribution < 1.29 is 4.79 Å². The summed E-state index contributed by atoms with van der Waals surface area (Å²) in [7, 11) is 0. The van der Waals surface area contributed by atoms with E-state index in [0.29, 0.717) is 23.2 Å². The predicted molar refractivity (Wildman–Crippen MR) is 99.0 cm³/mol. The molecule has 0 bridgehead atoms. The van der Waals surface area contributed by atoms with Gasteiger partial charge in [-0.05, 0) is 37.1 Å². The lowest BCUT2D eigenvalue weighted by molar-refractivity contribution is -0.118. The lowest BCUT2D eigenvalue weighted by atomic mass is 10.2. The van der Waals surface area contributed by atoms with Crippen LogP contribution in [0.25, 0.3) is 5.69 Å². The summed E-state index contributed by atoms with van der Waals surface area (Å²) in [6.45, 7) is 2.79. The van der Waals surface area contributed by atoms with Crippen molar-refractivity contribution in [3.63, 3.8) is 0 Å². The fourth-order valence-electron chi connectivity index (χ4n) is 2.48. The van der Waals surface area contributed by atoms with Crippen LogP contribution in [-0.2, 0) is 4.79 Å². The Balaban J connectivity index is 1.87. The first kappa shape index (κ1) is 17.3. The predicted octanol–water partition coefficient (Wildman–Crippen LogP) is 3.81. The molecule has 2 aromatic rings. The highest BCUT2D eigenvalue weighted by atomic mass is 35.5. The minimum absolute atomic E-state index is 0.108. The summed E-state index contributed by atoms with van der Waals surface area (Å²) in [4.78, 5) is 18.7. The minimum Gasteiger partial charge on any atom is -0.308 e. The molecule has 2 aromatic heterocycles. The minimum atomic E-state index is 0.108. The van der Waals surface area contributed by atoms with Gasteiger partial charge in [-0.2, -0.15) is 16.9 Å². The molecule has 7 heteroatoms. The van der Waals surface area contributed by atoms with Crippen molar-refractivity contribution in [3.05, 3.63) is 35.9 Å². The molecule has 1 aliphatic rings. The van der Waals surface area contributed by atoms with Gasteiger partial charge in [-0.25, -0.2) is 4.68 Å². The number of nitrogens with zero attached hydrogens (tertiary/aromatic N) is 4. The molecule has 0 saturated heterocycles. The average Bonchev–Trinajstić information content (AvgIpc) is 3.34. The molecule has 2 heterocycles. The van der Waals surface area contributed by atoms with Gasteiger partial charge in [-0.15, -0.1) is 0 Å². The summed E-state index contributed by atoms with van der Waals surface area (Å²) in [5, 5.41) is 4.99. The third kappa shape index (κ3) is 4.11. The first-order chi connectivity index (χ1) is 11.6. The van der Waals surface area contributed by atoms with Crippen LogP contribution in [0.2, 0.25) is 5.15 Å². The van der Waals surface area contributed by atoms with E-state index >= 15 is 0 Å². The van der Waals surface area contributed by atoms with Crippen LogP contribution in [0.15, 0.2) is 30.7 Å². The number of aromatic nitrogens is 3. The van der Waals surface area contributed by atoms with Crippen molar-refractivity contribution in [2.75, 3.05) is 17.7 Å². The summed E-state index contributed by atoms with van der Waals surface area (Å²) in [5.74, 6) is 0.688. The highest BCUT2D eigenvalue weighted by Crippen LogP contribution is 2.34. The maximum absolute atomic E-state index is 12.8. The van der Waals surface area contributed by atoms with E-state index in [0.717, 1.165) is 12.2 Å². The van der Waals surface area contributed by atoms with Gasteiger partial charge in [0.05, 0.1) is 18.1 Å². The molecule has 1 aliphatic carbocycles. The molecule has 1 atom stereocenters. The quantitative estimate of drug-likeness (QED) is 0.749. The Kier molecular flexibility index (Phi) is 5.46. The van der Waals surface area contributed by atoms with Crippen molar-refractivity contribution in [2.45, 2.75) is 31.4 Å². The Bertz CT molecular complexity index is 702. The summed E-state index contributed by atoms with van der Waals surface area (Å²) < 4.78 is 1.68. The van der Waals surface area contributed by atoms with E-state index in [2.05, 4.69) is 17.0 Å². The second kappa shape index (κ2) is 7.57. The van der Waals surface area contributed by atoms with E-state index in [1.807, 2.05) is 29.5 Å². The van der Waals surface area contributed by atoms with Gasteiger partial charge in [-0.3, -0.25) is 9.78 Å². The molecule has 0 aromatic carbocycles. The number of hydrogen-bond donors (Lipinski definition) is 0. The van der Waals surface area contributed by atoms with Gasteiger partial charge in [0.25, 0.3) is 0 Å². The maximum Gasteiger partial charge on any atom is 0.228 e. The molecule has 0 spiro atoms. The van der Waals surface area contributed by atoms with Gasteiger partial charge < -0.3 is 4.90 Å². The summed E-state index contributed by atoms with van der Waals surface area (Å²) in [5.41, 5.74) is 1.51. The summed E-state index contributed by atoms with van der Waals surface area (Å²) in [6.07, 6.45) is 10.1. The van der Waals surface area contributed by atoms with Crippen LogP contribution in [0.3, 0.4) is 0 Å². The van der Waals surface area contributed by atoms with Crippen LogP contribution in [-0.4, -0.2) is 38.7 Å². The molecule has 1 fully saturated rings. The fourth-order valence-corrected chi connectivity index (χ4v) is 3.02. The topological polar surface area (TPSA) is 51.0 Å². The molecule has 1 unspecified atom stereocenters. The van der Waals surface area contributed by atoms with Crippen LogP contribution < -0.4 is 4.90 Å². The smallest absolute Gasteiger partial charge is 0.228 e. The van der Waals surface area contributed by atoms with Crippen LogP contribution in [0.1, 0.15) is 26.2 Å². The molecule has 1 amide bonds. The molecule has 3 rings (SSSR count). The van der Waals surface area contributed by atoms with E-state index < -0.39 is 0 Å². The van der Waals surface area contributed by atoms with E-state index in [9.17, 15) is 4.79 Å². The number of hydrogen-bond acceptors (Lipinski definition) is 4. The SMILES string of the molecule is CSC(C)CC(=O)N(CC1CC1)c1cn(-c2cccnc2)nc1Cl. The Morgan fingerprint density at radius 3 is 2.96 bits per heavy atom. The van der Waals surface area contributed by atoms with Gasteiger partial charge in [0.1, 0.15) is 5.69 Å².